The molecule has 0 amide bonds. The van der Waals surface area contributed by atoms with Crippen molar-refractivity contribution in [1.82, 2.24) is 14.1 Å². The first-order valence-corrected chi connectivity index (χ1v) is 11.4. The van der Waals surface area contributed by atoms with Crippen LogP contribution in [0.3, 0.4) is 0 Å². The van der Waals surface area contributed by atoms with Crippen LogP contribution in [-0.2, 0) is 29.7 Å². The normalized spacial score (nSPS) is 11.6. The molecule has 174 valence electrons. The van der Waals surface area contributed by atoms with E-state index in [1.54, 1.807) is 6.92 Å². The largest absolute Gasteiger partial charge is 0.480 e. The van der Waals surface area contributed by atoms with Gasteiger partial charge in [0.05, 0.1) is 29.0 Å². The SMILES string of the molecule is Cc1c(-c2ncco2)sc2c1c(=O)n(C(C)(C)C(=O)O)c(=O)n2CCc1ccccc1CC#N. The van der Waals surface area contributed by atoms with Gasteiger partial charge in [0.2, 0.25) is 5.89 Å². The third-order valence-electron chi connectivity index (χ3n) is 5.91. The molecule has 0 aliphatic carbocycles. The van der Waals surface area contributed by atoms with Gasteiger partial charge in [-0.15, -0.1) is 11.3 Å². The van der Waals surface area contributed by atoms with Gasteiger partial charge in [-0.3, -0.25) is 9.36 Å². The van der Waals surface area contributed by atoms with Gasteiger partial charge in [-0.1, -0.05) is 24.3 Å². The molecular weight excluding hydrogens is 456 g/mol. The number of rotatable bonds is 7. The average Bonchev–Trinajstić information content (AvgIpc) is 3.43. The number of benzene rings is 1. The van der Waals surface area contributed by atoms with E-state index >= 15 is 0 Å². The molecule has 4 aromatic rings. The Morgan fingerprint density at radius 1 is 1.26 bits per heavy atom. The van der Waals surface area contributed by atoms with Gasteiger partial charge in [-0.05, 0) is 43.9 Å². The fraction of sp³-hybridized carbons (Fsp3) is 0.292. The molecule has 0 radical (unpaired) electrons. The minimum Gasteiger partial charge on any atom is -0.480 e. The third kappa shape index (κ3) is 3.74. The monoisotopic (exact) mass is 478 g/mol. The van der Waals surface area contributed by atoms with Crippen LogP contribution in [0.5, 0.6) is 0 Å². The molecular formula is C24H22N4O5S. The van der Waals surface area contributed by atoms with E-state index in [9.17, 15) is 19.5 Å². The first-order valence-electron chi connectivity index (χ1n) is 10.5. The summed E-state index contributed by atoms with van der Waals surface area (Å²) in [7, 11) is 0. The number of oxazole rings is 1. The molecule has 0 bridgehead atoms. The summed E-state index contributed by atoms with van der Waals surface area (Å²) in [6, 6.07) is 9.61. The van der Waals surface area contributed by atoms with Crippen LogP contribution in [0.15, 0.2) is 50.7 Å². The zero-order valence-corrected chi connectivity index (χ0v) is 19.7. The first-order chi connectivity index (χ1) is 16.2. The number of carboxylic acids is 1. The predicted molar refractivity (Wildman–Crippen MR) is 127 cm³/mol. The van der Waals surface area contributed by atoms with Crippen LogP contribution >= 0.6 is 11.3 Å². The molecule has 0 saturated heterocycles. The Labute approximate surface area is 198 Å². The Kier molecular flexibility index (Phi) is 5.98. The number of nitrogens with zero attached hydrogens (tertiary/aromatic N) is 4. The highest BCUT2D eigenvalue weighted by Crippen LogP contribution is 2.35. The first kappa shape index (κ1) is 23.2. The smallest absolute Gasteiger partial charge is 0.333 e. The Hall–Kier alpha value is -3.97. The number of thiophene rings is 1. The number of aryl methyl sites for hydroxylation is 3. The second kappa shape index (κ2) is 8.76. The van der Waals surface area contributed by atoms with Crippen molar-refractivity contribution in [3.63, 3.8) is 0 Å². The molecule has 1 aromatic carbocycles. The van der Waals surface area contributed by atoms with Gasteiger partial charge >= 0.3 is 11.7 Å². The van der Waals surface area contributed by atoms with Gasteiger partial charge in [0.15, 0.2) is 0 Å². The van der Waals surface area contributed by atoms with Gasteiger partial charge in [0.1, 0.15) is 16.6 Å². The third-order valence-corrected chi connectivity index (χ3v) is 7.22. The van der Waals surface area contributed by atoms with Crippen LogP contribution in [0.25, 0.3) is 21.0 Å². The van der Waals surface area contributed by atoms with E-state index in [-0.39, 0.29) is 18.4 Å². The highest BCUT2D eigenvalue weighted by molar-refractivity contribution is 7.22. The zero-order chi connectivity index (χ0) is 24.6. The van der Waals surface area contributed by atoms with Crippen LogP contribution in [0.2, 0.25) is 0 Å². The summed E-state index contributed by atoms with van der Waals surface area (Å²) in [5.41, 5.74) is -0.804. The maximum atomic E-state index is 13.6. The molecule has 0 spiro atoms. The molecule has 0 unspecified atom stereocenters. The summed E-state index contributed by atoms with van der Waals surface area (Å²) < 4.78 is 7.67. The number of carboxylic acid groups (broad SMARTS) is 1. The highest BCUT2D eigenvalue weighted by Gasteiger charge is 2.35. The molecule has 3 heterocycles. The number of hydrogen-bond donors (Lipinski definition) is 1. The molecule has 4 rings (SSSR count). The molecule has 10 heteroatoms. The summed E-state index contributed by atoms with van der Waals surface area (Å²) in [5.74, 6) is -0.974. The van der Waals surface area contributed by atoms with E-state index in [1.807, 2.05) is 24.3 Å². The minimum absolute atomic E-state index is 0.193. The quantitative estimate of drug-likeness (QED) is 0.431. The Bertz CT molecular complexity index is 1550. The maximum Gasteiger partial charge on any atom is 0.333 e. The van der Waals surface area contributed by atoms with Gasteiger partial charge in [0.25, 0.3) is 5.56 Å². The lowest BCUT2D eigenvalue weighted by atomic mass is 10.0. The van der Waals surface area contributed by atoms with Crippen molar-refractivity contribution < 1.29 is 14.3 Å². The average molecular weight is 479 g/mol. The van der Waals surface area contributed by atoms with Crippen molar-refractivity contribution in [2.45, 2.75) is 45.7 Å². The number of nitriles is 1. The van der Waals surface area contributed by atoms with Gasteiger partial charge in [0, 0.05) is 6.54 Å². The lowest BCUT2D eigenvalue weighted by Crippen LogP contribution is -2.52. The Balaban J connectivity index is 1.97. The number of aromatic nitrogens is 3. The lowest BCUT2D eigenvalue weighted by molar-refractivity contribution is -0.146. The topological polar surface area (TPSA) is 131 Å². The van der Waals surface area contributed by atoms with E-state index in [0.29, 0.717) is 27.6 Å². The standard InChI is InChI=1S/C24H22N4O5S/c1-14-17-20(29)28(24(2,3)22(30)31)23(32)27(21(17)34-18(14)19-26-11-13-33-19)12-9-16-7-5-4-6-15(16)8-10-25/h4-7,11,13H,8-9,12H2,1-3H3,(H,30,31). The van der Waals surface area contributed by atoms with Gasteiger partial charge in [-0.25, -0.2) is 19.1 Å². The fourth-order valence-corrected chi connectivity index (χ4v) is 5.22. The van der Waals surface area contributed by atoms with Crippen LogP contribution < -0.4 is 11.2 Å². The van der Waals surface area contributed by atoms with Crippen molar-refractivity contribution in [2.24, 2.45) is 0 Å². The molecule has 0 atom stereocenters. The van der Waals surface area contributed by atoms with E-state index in [0.717, 1.165) is 15.7 Å². The molecule has 0 saturated carbocycles. The molecule has 0 fully saturated rings. The van der Waals surface area contributed by atoms with Crippen molar-refractivity contribution in [3.05, 3.63) is 74.3 Å². The van der Waals surface area contributed by atoms with Gasteiger partial charge in [-0.2, -0.15) is 5.26 Å². The van der Waals surface area contributed by atoms with E-state index < -0.39 is 22.8 Å². The van der Waals surface area contributed by atoms with Gasteiger partial charge < -0.3 is 9.52 Å². The predicted octanol–water partition coefficient (Wildman–Crippen LogP) is 3.32. The second-order valence-corrected chi connectivity index (χ2v) is 9.37. The van der Waals surface area contributed by atoms with E-state index in [4.69, 9.17) is 9.68 Å². The summed E-state index contributed by atoms with van der Waals surface area (Å²) in [5, 5.41) is 19.2. The summed E-state index contributed by atoms with van der Waals surface area (Å²) in [4.78, 5) is 44.2. The van der Waals surface area contributed by atoms with Crippen LogP contribution in [0.1, 0.15) is 30.5 Å². The van der Waals surface area contributed by atoms with E-state index in [1.165, 1.54) is 42.2 Å². The number of aliphatic carboxylic acids is 1. The fourth-order valence-electron chi connectivity index (χ4n) is 3.96. The summed E-state index contributed by atoms with van der Waals surface area (Å²) in [6.07, 6.45) is 3.57. The number of carbonyl (C=O) groups is 1. The molecule has 34 heavy (non-hydrogen) atoms. The molecule has 0 aliphatic rings. The highest BCUT2D eigenvalue weighted by atomic mass is 32.1. The van der Waals surface area contributed by atoms with Crippen molar-refractivity contribution in [2.75, 3.05) is 0 Å². The van der Waals surface area contributed by atoms with Crippen LogP contribution in [0.4, 0.5) is 0 Å². The molecule has 0 aliphatic heterocycles. The number of hydrogen-bond acceptors (Lipinski definition) is 7. The van der Waals surface area contributed by atoms with Crippen molar-refractivity contribution >= 4 is 27.5 Å². The Morgan fingerprint density at radius 3 is 2.59 bits per heavy atom. The minimum atomic E-state index is -1.76. The zero-order valence-electron chi connectivity index (χ0n) is 18.9. The van der Waals surface area contributed by atoms with Crippen molar-refractivity contribution in [1.29, 1.82) is 5.26 Å². The maximum absolute atomic E-state index is 13.6. The summed E-state index contributed by atoms with van der Waals surface area (Å²) in [6.45, 7) is 4.58. The molecule has 3 aromatic heterocycles. The van der Waals surface area contributed by atoms with Crippen molar-refractivity contribution in [3.8, 4) is 16.8 Å². The molecule has 9 nitrogen and oxygen atoms in total. The number of fused-ring (bicyclic) bond motifs is 1. The van der Waals surface area contributed by atoms with Crippen LogP contribution in [0, 0.1) is 18.3 Å². The van der Waals surface area contributed by atoms with Crippen LogP contribution in [-0.4, -0.2) is 25.2 Å². The van der Waals surface area contributed by atoms with E-state index in [2.05, 4.69) is 11.1 Å². The lowest BCUT2D eigenvalue weighted by Gasteiger charge is -2.23. The molecule has 1 N–H and O–H groups in total. The Morgan fingerprint density at radius 2 is 1.97 bits per heavy atom. The summed E-state index contributed by atoms with van der Waals surface area (Å²) >= 11 is 1.21. The second-order valence-electron chi connectivity index (χ2n) is 8.37.